The fourth-order valence-corrected chi connectivity index (χ4v) is 2.87. The van der Waals surface area contributed by atoms with Crippen LogP contribution in [0.15, 0.2) is 53.3 Å². The third-order valence-corrected chi connectivity index (χ3v) is 4.12. The number of benzene rings is 1. The topological polar surface area (TPSA) is 100 Å². The summed E-state index contributed by atoms with van der Waals surface area (Å²) in [4.78, 5) is 8.86. The molecule has 0 bridgehead atoms. The standard InChI is InChI=1S/C17H12FN7O/c18-12-5-2-1-4-10(12)9-24-15-11(8-20-24)16-21-14(13-6-3-7-26-13)23-25(16)17(19)22-15/h1-8H,9H2,(H2,19,22). The molecule has 0 aliphatic rings. The smallest absolute Gasteiger partial charge is 0.225 e. The second-order valence-corrected chi connectivity index (χ2v) is 5.75. The van der Waals surface area contributed by atoms with Crippen molar-refractivity contribution in [1.29, 1.82) is 0 Å². The fraction of sp³-hybridized carbons (Fsp3) is 0.0588. The van der Waals surface area contributed by atoms with Gasteiger partial charge in [-0.2, -0.15) is 14.6 Å². The fourth-order valence-electron chi connectivity index (χ4n) is 2.87. The van der Waals surface area contributed by atoms with E-state index < -0.39 is 0 Å². The zero-order valence-corrected chi connectivity index (χ0v) is 13.4. The molecule has 0 atom stereocenters. The predicted molar refractivity (Wildman–Crippen MR) is 91.7 cm³/mol. The summed E-state index contributed by atoms with van der Waals surface area (Å²) < 4.78 is 22.3. The van der Waals surface area contributed by atoms with Crippen LogP contribution in [0.2, 0.25) is 0 Å². The van der Waals surface area contributed by atoms with Crippen molar-refractivity contribution < 1.29 is 8.81 Å². The van der Waals surface area contributed by atoms with Crippen LogP contribution >= 0.6 is 0 Å². The summed E-state index contributed by atoms with van der Waals surface area (Å²) in [5.41, 5.74) is 7.58. The van der Waals surface area contributed by atoms with Gasteiger partial charge in [0, 0.05) is 5.56 Å². The number of halogens is 1. The molecule has 2 N–H and O–H groups in total. The van der Waals surface area contributed by atoms with Crippen molar-refractivity contribution in [3.63, 3.8) is 0 Å². The molecule has 4 heterocycles. The Morgan fingerprint density at radius 1 is 1.08 bits per heavy atom. The Morgan fingerprint density at radius 3 is 2.77 bits per heavy atom. The first-order valence-corrected chi connectivity index (χ1v) is 7.86. The maximum Gasteiger partial charge on any atom is 0.225 e. The van der Waals surface area contributed by atoms with Crippen molar-refractivity contribution in [2.75, 3.05) is 5.73 Å². The van der Waals surface area contributed by atoms with E-state index in [9.17, 15) is 4.39 Å². The van der Waals surface area contributed by atoms with Crippen molar-refractivity contribution in [2.24, 2.45) is 0 Å². The molecule has 5 rings (SSSR count). The van der Waals surface area contributed by atoms with Gasteiger partial charge in [0.2, 0.25) is 11.8 Å². The van der Waals surface area contributed by atoms with Crippen LogP contribution in [0.5, 0.6) is 0 Å². The van der Waals surface area contributed by atoms with Crippen LogP contribution in [-0.2, 0) is 6.54 Å². The zero-order valence-electron chi connectivity index (χ0n) is 13.4. The third kappa shape index (κ3) is 2.14. The Labute approximate surface area is 145 Å². The highest BCUT2D eigenvalue weighted by molar-refractivity contribution is 5.90. The number of rotatable bonds is 3. The second kappa shape index (κ2) is 5.38. The summed E-state index contributed by atoms with van der Waals surface area (Å²) in [5, 5.41) is 9.33. The lowest BCUT2D eigenvalue weighted by molar-refractivity contribution is 0.577. The van der Waals surface area contributed by atoms with Crippen molar-refractivity contribution in [3.8, 4) is 11.6 Å². The lowest BCUT2D eigenvalue weighted by Crippen LogP contribution is -2.07. The number of hydrogen-bond acceptors (Lipinski definition) is 6. The van der Waals surface area contributed by atoms with Gasteiger partial charge in [-0.25, -0.2) is 14.1 Å². The zero-order chi connectivity index (χ0) is 17.7. The molecule has 0 amide bonds. The van der Waals surface area contributed by atoms with E-state index in [-0.39, 0.29) is 18.3 Å². The van der Waals surface area contributed by atoms with E-state index in [2.05, 4.69) is 20.2 Å². The number of nitrogens with zero attached hydrogens (tertiary/aromatic N) is 6. The number of anilines is 1. The van der Waals surface area contributed by atoms with Crippen LogP contribution in [-0.4, -0.2) is 29.4 Å². The van der Waals surface area contributed by atoms with Crippen LogP contribution in [0, 0.1) is 5.82 Å². The first kappa shape index (κ1) is 14.6. The van der Waals surface area contributed by atoms with E-state index in [1.807, 2.05) is 0 Å². The minimum absolute atomic E-state index is 0.160. The van der Waals surface area contributed by atoms with Gasteiger partial charge in [0.15, 0.2) is 17.1 Å². The predicted octanol–water partition coefficient (Wildman–Crippen LogP) is 2.50. The van der Waals surface area contributed by atoms with Crippen LogP contribution in [0.3, 0.4) is 0 Å². The van der Waals surface area contributed by atoms with E-state index in [4.69, 9.17) is 10.2 Å². The molecule has 0 saturated carbocycles. The lowest BCUT2D eigenvalue weighted by atomic mass is 10.2. The van der Waals surface area contributed by atoms with E-state index in [0.29, 0.717) is 33.8 Å². The molecule has 26 heavy (non-hydrogen) atoms. The molecule has 0 spiro atoms. The van der Waals surface area contributed by atoms with Gasteiger partial charge in [0.25, 0.3) is 0 Å². The monoisotopic (exact) mass is 349 g/mol. The number of hydrogen-bond donors (Lipinski definition) is 1. The molecule has 0 radical (unpaired) electrons. The number of furan rings is 1. The maximum atomic E-state index is 14.0. The highest BCUT2D eigenvalue weighted by Gasteiger charge is 2.17. The van der Waals surface area contributed by atoms with Crippen molar-refractivity contribution in [3.05, 3.63) is 60.2 Å². The SMILES string of the molecule is Nc1nc2c(cnn2Cc2ccccc2F)c2nc(-c3ccco3)nn12. The van der Waals surface area contributed by atoms with E-state index in [1.165, 1.54) is 10.6 Å². The Balaban J connectivity index is 1.68. The molecule has 9 heteroatoms. The molecule has 0 saturated heterocycles. The Hall–Kier alpha value is -3.75. The van der Waals surface area contributed by atoms with Gasteiger partial charge in [0.05, 0.1) is 24.4 Å². The summed E-state index contributed by atoms with van der Waals surface area (Å²) in [5.74, 6) is 0.790. The normalized spacial score (nSPS) is 11.6. The van der Waals surface area contributed by atoms with E-state index >= 15 is 0 Å². The van der Waals surface area contributed by atoms with Gasteiger partial charge < -0.3 is 10.2 Å². The number of nitrogen functional groups attached to an aromatic ring is 1. The molecule has 4 aromatic heterocycles. The summed E-state index contributed by atoms with van der Waals surface area (Å²) in [6.07, 6.45) is 3.17. The Morgan fingerprint density at radius 2 is 1.96 bits per heavy atom. The van der Waals surface area contributed by atoms with Crippen molar-refractivity contribution >= 4 is 22.6 Å². The van der Waals surface area contributed by atoms with Gasteiger partial charge >= 0.3 is 0 Å². The molecule has 1 aromatic carbocycles. The first-order valence-electron chi connectivity index (χ1n) is 7.86. The second-order valence-electron chi connectivity index (χ2n) is 5.75. The molecular weight excluding hydrogens is 337 g/mol. The van der Waals surface area contributed by atoms with Gasteiger partial charge in [-0.1, -0.05) is 18.2 Å². The highest BCUT2D eigenvalue weighted by Crippen LogP contribution is 2.24. The first-order chi connectivity index (χ1) is 12.7. The van der Waals surface area contributed by atoms with Crippen molar-refractivity contribution in [1.82, 2.24) is 29.4 Å². The minimum atomic E-state index is -0.298. The number of nitrogens with two attached hydrogens (primary N) is 1. The van der Waals surface area contributed by atoms with Gasteiger partial charge in [-0.3, -0.25) is 0 Å². The average Bonchev–Trinajstić information content (AvgIpc) is 3.36. The molecule has 0 unspecified atom stereocenters. The molecule has 8 nitrogen and oxygen atoms in total. The van der Waals surface area contributed by atoms with Crippen molar-refractivity contribution in [2.45, 2.75) is 6.54 Å². The van der Waals surface area contributed by atoms with Crippen LogP contribution in [0.1, 0.15) is 5.56 Å². The molecule has 0 aliphatic heterocycles. The molecular formula is C17H12FN7O. The van der Waals surface area contributed by atoms with Crippen LogP contribution < -0.4 is 5.73 Å². The van der Waals surface area contributed by atoms with Gasteiger partial charge in [0.1, 0.15) is 5.82 Å². The van der Waals surface area contributed by atoms with Crippen LogP contribution in [0.4, 0.5) is 10.3 Å². The maximum absolute atomic E-state index is 14.0. The molecule has 5 aromatic rings. The third-order valence-electron chi connectivity index (χ3n) is 4.12. The summed E-state index contributed by atoms with van der Waals surface area (Å²) >= 11 is 0. The molecule has 128 valence electrons. The Kier molecular flexibility index (Phi) is 3.02. The largest absolute Gasteiger partial charge is 0.461 e. The molecule has 0 aliphatic carbocycles. The summed E-state index contributed by atoms with van der Waals surface area (Å²) in [7, 11) is 0. The lowest BCUT2D eigenvalue weighted by Gasteiger charge is -2.05. The van der Waals surface area contributed by atoms with Gasteiger partial charge in [-0.05, 0) is 18.2 Å². The van der Waals surface area contributed by atoms with E-state index in [0.717, 1.165) is 0 Å². The van der Waals surface area contributed by atoms with Gasteiger partial charge in [-0.15, -0.1) is 5.10 Å². The number of fused-ring (bicyclic) bond motifs is 3. The highest BCUT2D eigenvalue weighted by atomic mass is 19.1. The minimum Gasteiger partial charge on any atom is -0.461 e. The summed E-state index contributed by atoms with van der Waals surface area (Å²) in [6, 6.07) is 10.1. The quantitative estimate of drug-likeness (QED) is 0.537. The van der Waals surface area contributed by atoms with E-state index in [1.54, 1.807) is 47.5 Å². The number of aromatic nitrogens is 6. The summed E-state index contributed by atoms with van der Waals surface area (Å²) in [6.45, 7) is 0.234. The average molecular weight is 349 g/mol. The molecule has 0 fully saturated rings. The Bertz CT molecular complexity index is 1240. The van der Waals surface area contributed by atoms with Crippen LogP contribution in [0.25, 0.3) is 28.3 Å².